The van der Waals surface area contributed by atoms with Gasteiger partial charge in [0.05, 0.1) is 36.9 Å². The van der Waals surface area contributed by atoms with Crippen LogP contribution in [0.5, 0.6) is 0 Å². The summed E-state index contributed by atoms with van der Waals surface area (Å²) in [5.74, 6) is -1.91. The first kappa shape index (κ1) is 40.7. The third-order valence-corrected chi connectivity index (χ3v) is 12.7. The lowest BCUT2D eigenvalue weighted by Gasteiger charge is -2.49. The maximum absolute atomic E-state index is 14.1. The van der Waals surface area contributed by atoms with E-state index in [0.717, 1.165) is 0 Å². The molecular weight excluding hydrogens is 664 g/mol. The molecule has 294 valence electrons. The van der Waals surface area contributed by atoms with Crippen molar-refractivity contribution in [3.63, 3.8) is 0 Å². The molecule has 5 heterocycles. The van der Waals surface area contributed by atoms with E-state index in [1.807, 2.05) is 60.5 Å². The lowest BCUT2D eigenvalue weighted by molar-refractivity contribution is -0.312. The van der Waals surface area contributed by atoms with Gasteiger partial charge in [0.2, 0.25) is 0 Å². The van der Waals surface area contributed by atoms with Crippen molar-refractivity contribution < 1.29 is 58.0 Å². The first-order chi connectivity index (χ1) is 23.6. The van der Waals surface area contributed by atoms with Crippen LogP contribution in [-0.4, -0.2) is 150 Å². The number of aliphatic hydroxyl groups excluding tert-OH is 2. The number of carbonyl (C=O) groups is 1. The van der Waals surface area contributed by atoms with E-state index >= 15 is 0 Å². The Balaban J connectivity index is 1.58. The number of rotatable bonds is 6. The number of likely N-dealkylation sites (N-methyl/N-ethyl adjacent to an activating group) is 1. The van der Waals surface area contributed by atoms with Crippen LogP contribution in [0.15, 0.2) is 4.99 Å². The number of hydrogen-bond acceptors (Lipinski definition) is 14. The molecule has 5 rings (SSSR count). The maximum Gasteiger partial charge on any atom is 0.311 e. The van der Waals surface area contributed by atoms with Gasteiger partial charge in [-0.05, 0) is 75.9 Å². The van der Waals surface area contributed by atoms with Gasteiger partial charge in [-0.15, -0.1) is 0 Å². The number of epoxide rings is 1. The SMILES string of the molecule is COC1(C)C[C@H](O[C@H]2[C@H](C)[C@@H](O[C@@H]3OC(C)C[C@@H](N(C)C)C3O)[C@]3(C)C[C@@H](C)C(=N[C@H](C)[C@@H](O)[C@](C)(O)[C@@H](C)OC(=O)[C@@H]2C)O3)OC(C)[C@@]12CO2. The number of nitrogens with zero attached hydrogens (tertiary/aromatic N) is 2. The van der Waals surface area contributed by atoms with Gasteiger partial charge in [0, 0.05) is 37.8 Å². The fraction of sp³-hybridized carbons (Fsp3) is 0.946. The van der Waals surface area contributed by atoms with Crippen LogP contribution in [0.1, 0.15) is 88.5 Å². The number of esters is 1. The lowest BCUT2D eigenvalue weighted by Crippen LogP contribution is -2.61. The average molecular weight is 729 g/mol. The molecule has 4 unspecified atom stereocenters. The molecule has 0 radical (unpaired) electrons. The van der Waals surface area contributed by atoms with Crippen molar-refractivity contribution in [3.05, 3.63) is 0 Å². The molecule has 14 nitrogen and oxygen atoms in total. The number of methoxy groups -OCH3 is 1. The van der Waals surface area contributed by atoms with Crippen molar-refractivity contribution in [3.8, 4) is 0 Å². The second-order valence-corrected chi connectivity index (χ2v) is 16.9. The smallest absolute Gasteiger partial charge is 0.311 e. The van der Waals surface area contributed by atoms with Crippen LogP contribution >= 0.6 is 0 Å². The number of aliphatic hydroxyl groups is 3. The second kappa shape index (κ2) is 14.6. The molecule has 0 amide bonds. The van der Waals surface area contributed by atoms with Crippen molar-refractivity contribution in [2.45, 2.75) is 178 Å². The molecule has 0 aromatic heterocycles. The van der Waals surface area contributed by atoms with Gasteiger partial charge in [0.1, 0.15) is 46.8 Å². The summed E-state index contributed by atoms with van der Waals surface area (Å²) in [4.78, 5) is 20.8. The highest BCUT2D eigenvalue weighted by Gasteiger charge is 2.67. The van der Waals surface area contributed by atoms with Crippen molar-refractivity contribution in [2.24, 2.45) is 22.7 Å². The average Bonchev–Trinajstić information content (AvgIpc) is 3.82. The Morgan fingerprint density at radius 1 is 0.941 bits per heavy atom. The number of cyclic esters (lactones) is 1. The molecule has 14 heteroatoms. The van der Waals surface area contributed by atoms with Crippen LogP contribution in [0.4, 0.5) is 0 Å². The summed E-state index contributed by atoms with van der Waals surface area (Å²) in [5.41, 5.74) is -4.20. The summed E-state index contributed by atoms with van der Waals surface area (Å²) in [5, 5.41) is 34.4. The van der Waals surface area contributed by atoms with E-state index in [9.17, 15) is 20.1 Å². The molecule has 1 spiro atoms. The highest BCUT2D eigenvalue weighted by molar-refractivity contribution is 5.81. The van der Waals surface area contributed by atoms with Crippen LogP contribution < -0.4 is 0 Å². The molecule has 5 aliphatic rings. The molecule has 4 fully saturated rings. The Morgan fingerprint density at radius 2 is 1.59 bits per heavy atom. The second-order valence-electron chi connectivity index (χ2n) is 16.9. The van der Waals surface area contributed by atoms with Crippen LogP contribution in [-0.2, 0) is 42.7 Å². The Hall–Kier alpha value is -1.46. The lowest BCUT2D eigenvalue weighted by atomic mass is 9.78. The number of ether oxygens (including phenoxy) is 8. The standard InChI is InChI=1S/C37H64N2O12/c1-18-15-34(8)30(50-33-27(40)25(39(11)12)14-19(2)46-33)20(3)28(49-26-16-35(9,44-13)37(17-45-37)24(7)47-26)21(4)32(42)48-23(6)36(10,43)29(41)22(5)38-31(18)51-34/h18-30,33,40-41,43H,14-17H2,1-13H3/t18-,19?,20+,21-,22-,23-,24?,25-,26+,27?,28+,29-,30-,33+,34+,35?,36-,37+/m1/s1. The van der Waals surface area contributed by atoms with Gasteiger partial charge < -0.3 is 58.1 Å². The van der Waals surface area contributed by atoms with Gasteiger partial charge in [-0.2, -0.15) is 0 Å². The van der Waals surface area contributed by atoms with Gasteiger partial charge in [-0.1, -0.05) is 13.8 Å². The molecule has 0 aromatic carbocycles. The third-order valence-electron chi connectivity index (χ3n) is 12.7. The molecule has 0 aromatic rings. The van der Waals surface area contributed by atoms with Gasteiger partial charge in [0.25, 0.3) is 0 Å². The highest BCUT2D eigenvalue weighted by Crippen LogP contribution is 2.51. The summed E-state index contributed by atoms with van der Waals surface area (Å²) < 4.78 is 51.0. The summed E-state index contributed by atoms with van der Waals surface area (Å²) >= 11 is 0. The van der Waals surface area contributed by atoms with Crippen LogP contribution in [0.2, 0.25) is 0 Å². The quantitative estimate of drug-likeness (QED) is 0.270. The fourth-order valence-corrected chi connectivity index (χ4v) is 8.87. The number of fused-ring (bicyclic) bond motifs is 2. The normalized spacial score (nSPS) is 52.6. The molecular formula is C37H64N2O12. The van der Waals surface area contributed by atoms with Crippen molar-refractivity contribution >= 4 is 11.9 Å². The van der Waals surface area contributed by atoms with E-state index in [0.29, 0.717) is 31.8 Å². The molecule has 3 N–H and O–H groups in total. The molecule has 18 atom stereocenters. The van der Waals surface area contributed by atoms with Crippen molar-refractivity contribution in [2.75, 3.05) is 27.8 Å². The van der Waals surface area contributed by atoms with Gasteiger partial charge in [0.15, 0.2) is 18.5 Å². The van der Waals surface area contributed by atoms with Crippen LogP contribution in [0, 0.1) is 17.8 Å². The Bertz CT molecular complexity index is 1280. The third kappa shape index (κ3) is 7.48. The zero-order valence-electron chi connectivity index (χ0n) is 32.8. The number of aliphatic imine (C=N–C) groups is 1. The van der Waals surface area contributed by atoms with Crippen LogP contribution in [0.25, 0.3) is 0 Å². The highest BCUT2D eigenvalue weighted by atomic mass is 16.7. The largest absolute Gasteiger partial charge is 0.472 e. The van der Waals surface area contributed by atoms with Crippen LogP contribution in [0.3, 0.4) is 0 Å². The van der Waals surface area contributed by atoms with E-state index in [1.165, 1.54) is 6.92 Å². The maximum atomic E-state index is 14.1. The minimum Gasteiger partial charge on any atom is -0.472 e. The summed E-state index contributed by atoms with van der Waals surface area (Å²) in [6, 6.07) is -1.02. The summed E-state index contributed by atoms with van der Waals surface area (Å²) in [6.07, 6.45) is -6.14. The molecule has 2 bridgehead atoms. The fourth-order valence-electron chi connectivity index (χ4n) is 8.87. The predicted molar refractivity (Wildman–Crippen MR) is 186 cm³/mol. The molecule has 4 saturated heterocycles. The Morgan fingerprint density at radius 3 is 2.18 bits per heavy atom. The van der Waals surface area contributed by atoms with E-state index in [-0.39, 0.29) is 24.2 Å². The zero-order chi connectivity index (χ0) is 38.0. The summed E-state index contributed by atoms with van der Waals surface area (Å²) in [7, 11) is 5.48. The van der Waals surface area contributed by atoms with E-state index in [1.54, 1.807) is 27.9 Å². The summed E-state index contributed by atoms with van der Waals surface area (Å²) in [6.45, 7) is 18.6. The molecule has 5 aliphatic heterocycles. The molecule has 0 aliphatic carbocycles. The van der Waals surface area contributed by atoms with Crippen molar-refractivity contribution in [1.82, 2.24) is 4.90 Å². The Labute approximate surface area is 303 Å². The number of hydrogen-bond donors (Lipinski definition) is 3. The van der Waals surface area contributed by atoms with Gasteiger partial charge >= 0.3 is 5.97 Å². The minimum atomic E-state index is -1.84. The van der Waals surface area contributed by atoms with Crippen molar-refractivity contribution in [1.29, 1.82) is 0 Å². The van der Waals surface area contributed by atoms with E-state index < -0.39 is 89.4 Å². The van der Waals surface area contributed by atoms with E-state index in [2.05, 4.69) is 0 Å². The molecule has 0 saturated carbocycles. The minimum absolute atomic E-state index is 0.185. The topological polar surface area (TPSA) is 170 Å². The number of carbonyl (C=O) groups excluding carboxylic acids is 1. The first-order valence-corrected chi connectivity index (χ1v) is 18.6. The van der Waals surface area contributed by atoms with Gasteiger partial charge in [-0.25, -0.2) is 4.99 Å². The van der Waals surface area contributed by atoms with E-state index in [4.69, 9.17) is 42.9 Å². The predicted octanol–water partition coefficient (Wildman–Crippen LogP) is 2.42. The molecule has 51 heavy (non-hydrogen) atoms. The van der Waals surface area contributed by atoms with Gasteiger partial charge in [-0.3, -0.25) is 4.79 Å². The Kier molecular flexibility index (Phi) is 11.7. The zero-order valence-corrected chi connectivity index (χ0v) is 32.8. The first-order valence-electron chi connectivity index (χ1n) is 18.6. The monoisotopic (exact) mass is 728 g/mol.